The lowest BCUT2D eigenvalue weighted by atomic mass is 9.86. The molecule has 2 aliphatic rings. The minimum Gasteiger partial charge on any atom is -0.433 e. The van der Waals surface area contributed by atoms with Gasteiger partial charge in [0.05, 0.1) is 6.42 Å². The third-order valence-corrected chi connectivity index (χ3v) is 8.24. The highest BCUT2D eigenvalue weighted by Gasteiger charge is 2.46. The third kappa shape index (κ3) is 5.71. The topological polar surface area (TPSA) is 53.1 Å². The number of rotatable bonds is 9. The van der Waals surface area contributed by atoms with Gasteiger partial charge in [0, 0.05) is 50.9 Å². The Morgan fingerprint density at radius 1 is 0.821 bits per heavy atom. The highest BCUT2D eigenvalue weighted by Crippen LogP contribution is 2.52. The van der Waals surface area contributed by atoms with Gasteiger partial charge in [-0.3, -0.25) is 9.69 Å². The minimum atomic E-state index is -0.781. The monoisotopic (exact) mass is 525 g/mol. The summed E-state index contributed by atoms with van der Waals surface area (Å²) in [6.07, 6.45) is 2.85. The molecule has 0 atom stereocenters. The second-order valence-electron chi connectivity index (χ2n) is 10.6. The molecular weight excluding hydrogens is 486 g/mol. The van der Waals surface area contributed by atoms with Gasteiger partial charge in [-0.25, -0.2) is 4.79 Å². The van der Waals surface area contributed by atoms with Crippen molar-refractivity contribution in [3.63, 3.8) is 0 Å². The predicted molar refractivity (Wildman–Crippen MR) is 154 cm³/mol. The molecule has 1 aliphatic carbocycles. The van der Waals surface area contributed by atoms with E-state index in [-0.39, 0.29) is 12.0 Å². The fourth-order valence-corrected chi connectivity index (χ4v) is 5.88. The van der Waals surface area contributed by atoms with E-state index in [0.717, 1.165) is 79.8 Å². The fraction of sp³-hybridized carbons (Fsp3) is 0.394. The second kappa shape index (κ2) is 12.0. The molecule has 0 unspecified atom stereocenters. The Morgan fingerprint density at radius 3 is 2.03 bits per heavy atom. The van der Waals surface area contributed by atoms with Gasteiger partial charge in [-0.2, -0.15) is 0 Å². The van der Waals surface area contributed by atoms with Gasteiger partial charge in [0.15, 0.2) is 5.60 Å². The molecule has 204 valence electrons. The van der Waals surface area contributed by atoms with Gasteiger partial charge in [-0.05, 0) is 49.4 Å². The number of piperazine rings is 1. The minimum absolute atomic E-state index is 0.209. The number of nitrogens with zero attached hydrogens (tertiary/aromatic N) is 3. The van der Waals surface area contributed by atoms with Gasteiger partial charge in [-0.1, -0.05) is 78.9 Å². The molecule has 0 saturated carbocycles. The second-order valence-corrected chi connectivity index (χ2v) is 10.6. The van der Waals surface area contributed by atoms with Gasteiger partial charge < -0.3 is 14.5 Å². The summed E-state index contributed by atoms with van der Waals surface area (Å²) in [5.74, 6) is 0.209. The molecule has 1 aliphatic heterocycles. The number of ether oxygens (including phenoxy) is 1. The summed E-state index contributed by atoms with van der Waals surface area (Å²) in [4.78, 5) is 31.9. The van der Waals surface area contributed by atoms with Crippen molar-refractivity contribution in [2.24, 2.45) is 0 Å². The summed E-state index contributed by atoms with van der Waals surface area (Å²) < 4.78 is 6.42. The maximum absolute atomic E-state index is 13.1. The van der Waals surface area contributed by atoms with Crippen LogP contribution in [0.3, 0.4) is 0 Å². The van der Waals surface area contributed by atoms with Gasteiger partial charge >= 0.3 is 6.09 Å². The zero-order chi connectivity index (χ0) is 27.2. The van der Waals surface area contributed by atoms with Crippen molar-refractivity contribution in [3.05, 3.63) is 95.6 Å². The molecule has 6 nitrogen and oxygen atoms in total. The Bertz CT molecular complexity index is 1240. The first-order valence-corrected chi connectivity index (χ1v) is 14.2. The van der Waals surface area contributed by atoms with Crippen LogP contribution in [0, 0.1) is 0 Å². The van der Waals surface area contributed by atoms with Crippen molar-refractivity contribution in [1.82, 2.24) is 14.7 Å². The van der Waals surface area contributed by atoms with Gasteiger partial charge in [0.2, 0.25) is 5.91 Å². The number of carbonyl (C=O) groups excluding carboxylic acids is 2. The van der Waals surface area contributed by atoms with Crippen LogP contribution in [-0.2, 0) is 21.6 Å². The van der Waals surface area contributed by atoms with Crippen LogP contribution < -0.4 is 0 Å². The quantitative estimate of drug-likeness (QED) is 0.344. The average molecular weight is 526 g/mol. The molecule has 0 spiro atoms. The van der Waals surface area contributed by atoms with E-state index in [9.17, 15) is 9.59 Å². The van der Waals surface area contributed by atoms with Crippen molar-refractivity contribution >= 4 is 12.0 Å². The standard InChI is InChI=1S/C33H39N3O3/c1-3-34(2)32(38)39-33(29-17-9-7-15-27(29)28-16-8-10-18-30(28)33)19-11-12-20-35-21-23-36(24-22-35)31(37)25-26-13-5-4-6-14-26/h4-10,13-18H,3,11-12,19-25H2,1-2H3. The summed E-state index contributed by atoms with van der Waals surface area (Å²) in [6.45, 7) is 6.87. The Balaban J connectivity index is 1.21. The molecule has 1 fully saturated rings. The van der Waals surface area contributed by atoms with Crippen molar-refractivity contribution in [3.8, 4) is 11.1 Å². The number of hydrogen-bond donors (Lipinski definition) is 0. The van der Waals surface area contributed by atoms with E-state index in [2.05, 4.69) is 41.3 Å². The number of carbonyl (C=O) groups is 2. The van der Waals surface area contributed by atoms with E-state index in [1.54, 1.807) is 11.9 Å². The number of hydrogen-bond acceptors (Lipinski definition) is 4. The molecule has 0 radical (unpaired) electrons. The third-order valence-electron chi connectivity index (χ3n) is 8.24. The number of amides is 2. The van der Waals surface area contributed by atoms with Crippen LogP contribution in [0.5, 0.6) is 0 Å². The molecule has 2 amide bonds. The summed E-state index contributed by atoms with van der Waals surface area (Å²) in [6, 6.07) is 26.6. The van der Waals surface area contributed by atoms with Crippen LogP contribution in [0.1, 0.15) is 42.9 Å². The largest absolute Gasteiger partial charge is 0.433 e. The van der Waals surface area contributed by atoms with Crippen LogP contribution >= 0.6 is 0 Å². The summed E-state index contributed by atoms with van der Waals surface area (Å²) in [7, 11) is 1.78. The van der Waals surface area contributed by atoms with Crippen molar-refractivity contribution < 1.29 is 14.3 Å². The zero-order valence-corrected chi connectivity index (χ0v) is 23.1. The highest BCUT2D eigenvalue weighted by atomic mass is 16.6. The summed E-state index contributed by atoms with van der Waals surface area (Å²) in [5.41, 5.74) is 4.74. The van der Waals surface area contributed by atoms with Crippen molar-refractivity contribution in [2.75, 3.05) is 46.3 Å². The summed E-state index contributed by atoms with van der Waals surface area (Å²) >= 11 is 0. The first-order chi connectivity index (χ1) is 19.0. The molecular formula is C33H39N3O3. The molecule has 0 N–H and O–H groups in total. The van der Waals surface area contributed by atoms with E-state index in [0.29, 0.717) is 13.0 Å². The van der Waals surface area contributed by atoms with Crippen molar-refractivity contribution in [2.45, 2.75) is 38.2 Å². The lowest BCUT2D eigenvalue weighted by Gasteiger charge is -2.36. The normalized spacial score (nSPS) is 15.9. The van der Waals surface area contributed by atoms with Crippen LogP contribution in [0.2, 0.25) is 0 Å². The SMILES string of the molecule is CCN(C)C(=O)OC1(CCCCN2CCN(C(=O)Cc3ccccc3)CC2)c2ccccc2-c2ccccc21. The van der Waals surface area contributed by atoms with E-state index in [4.69, 9.17) is 4.74 Å². The number of benzene rings is 3. The molecule has 0 bridgehead atoms. The molecule has 5 rings (SSSR count). The molecule has 39 heavy (non-hydrogen) atoms. The highest BCUT2D eigenvalue weighted by molar-refractivity contribution is 5.82. The van der Waals surface area contributed by atoms with E-state index < -0.39 is 5.60 Å². The van der Waals surface area contributed by atoms with Gasteiger partial charge in [0.25, 0.3) is 0 Å². The molecule has 0 aromatic heterocycles. The van der Waals surface area contributed by atoms with E-state index >= 15 is 0 Å². The molecule has 1 saturated heterocycles. The Kier molecular flexibility index (Phi) is 8.32. The zero-order valence-electron chi connectivity index (χ0n) is 23.1. The Hall–Kier alpha value is -3.64. The molecule has 3 aromatic rings. The molecule has 1 heterocycles. The summed E-state index contributed by atoms with van der Waals surface area (Å²) in [5, 5.41) is 0. The Labute approximate surface area is 232 Å². The number of unbranched alkanes of at least 4 members (excludes halogenated alkanes) is 1. The first-order valence-electron chi connectivity index (χ1n) is 14.2. The van der Waals surface area contributed by atoms with Crippen LogP contribution in [0.25, 0.3) is 11.1 Å². The van der Waals surface area contributed by atoms with Crippen LogP contribution in [-0.4, -0.2) is 73.0 Å². The van der Waals surface area contributed by atoms with Crippen LogP contribution in [0.15, 0.2) is 78.9 Å². The predicted octanol–water partition coefficient (Wildman–Crippen LogP) is 5.56. The molecule has 3 aromatic carbocycles. The lowest BCUT2D eigenvalue weighted by Crippen LogP contribution is -2.49. The van der Waals surface area contributed by atoms with Crippen molar-refractivity contribution in [1.29, 1.82) is 0 Å². The van der Waals surface area contributed by atoms with Gasteiger partial charge in [-0.15, -0.1) is 0 Å². The lowest BCUT2D eigenvalue weighted by molar-refractivity contribution is -0.132. The first kappa shape index (κ1) is 26.9. The average Bonchev–Trinajstić information content (AvgIpc) is 3.25. The van der Waals surface area contributed by atoms with E-state index in [1.165, 1.54) is 0 Å². The smallest absolute Gasteiger partial charge is 0.410 e. The fourth-order valence-electron chi connectivity index (χ4n) is 5.88. The van der Waals surface area contributed by atoms with Crippen LogP contribution in [0.4, 0.5) is 4.79 Å². The van der Waals surface area contributed by atoms with Gasteiger partial charge in [0.1, 0.15) is 0 Å². The molecule has 6 heteroatoms. The maximum atomic E-state index is 13.1. The number of fused-ring (bicyclic) bond motifs is 3. The Morgan fingerprint density at radius 2 is 1.41 bits per heavy atom. The van der Waals surface area contributed by atoms with E-state index in [1.807, 2.05) is 54.3 Å². The maximum Gasteiger partial charge on any atom is 0.410 e.